The molecule has 0 radical (unpaired) electrons. The first-order valence-corrected chi connectivity index (χ1v) is 13.4. The van der Waals surface area contributed by atoms with Gasteiger partial charge >= 0.3 is 0 Å². The number of aromatic nitrogens is 5. The number of hydrogen-bond acceptors (Lipinski definition) is 8. The molecule has 1 aliphatic rings. The summed E-state index contributed by atoms with van der Waals surface area (Å²) in [6.45, 7) is 7.16. The van der Waals surface area contributed by atoms with Gasteiger partial charge in [-0.3, -0.25) is 9.69 Å². The number of benzene rings is 2. The van der Waals surface area contributed by atoms with Crippen molar-refractivity contribution in [2.45, 2.75) is 58.8 Å². The second-order valence-corrected chi connectivity index (χ2v) is 10.2. The molecule has 3 heterocycles. The summed E-state index contributed by atoms with van der Waals surface area (Å²) in [7, 11) is 3.27. The van der Waals surface area contributed by atoms with Gasteiger partial charge in [0.15, 0.2) is 17.3 Å². The minimum absolute atomic E-state index is 0.0810. The average molecular weight is 533 g/mol. The summed E-state index contributed by atoms with van der Waals surface area (Å²) in [5.74, 6) is 2.14. The second-order valence-electron chi connectivity index (χ2n) is 10.2. The Morgan fingerprint density at radius 1 is 1.10 bits per heavy atom. The molecule has 1 saturated heterocycles. The van der Waals surface area contributed by atoms with Gasteiger partial charge in [-0.1, -0.05) is 12.1 Å². The number of pyridine rings is 1. The van der Waals surface area contributed by atoms with Crippen LogP contribution in [-0.2, 0) is 30.8 Å². The number of fused-ring (bicyclic) bond motifs is 1. The van der Waals surface area contributed by atoms with Crippen molar-refractivity contribution in [1.29, 1.82) is 0 Å². The van der Waals surface area contributed by atoms with Crippen LogP contribution in [0.4, 0.5) is 0 Å². The number of H-pyrrole nitrogens is 1. The lowest BCUT2D eigenvalue weighted by Gasteiger charge is -2.22. The molecular weight excluding hydrogens is 496 g/mol. The monoisotopic (exact) mass is 532 g/mol. The van der Waals surface area contributed by atoms with Gasteiger partial charge < -0.3 is 19.2 Å². The third kappa shape index (κ3) is 6.29. The number of methoxy groups -OCH3 is 2. The van der Waals surface area contributed by atoms with Crippen molar-refractivity contribution in [2.75, 3.05) is 27.4 Å². The second kappa shape index (κ2) is 12.0. The van der Waals surface area contributed by atoms with Crippen molar-refractivity contribution < 1.29 is 14.2 Å². The molecule has 1 N–H and O–H groups in total. The molecule has 1 aliphatic heterocycles. The summed E-state index contributed by atoms with van der Waals surface area (Å²) < 4.78 is 18.5. The van der Waals surface area contributed by atoms with Crippen LogP contribution in [-0.4, -0.2) is 63.6 Å². The van der Waals surface area contributed by atoms with Crippen molar-refractivity contribution in [1.82, 2.24) is 30.1 Å². The SMILES string of the molecule is COc1ccc(CCN(Cc2cc3c(C)cc(C)cc3[nH]c2=O)Cc2nnnn2C[C@H]2CCCO2)cc1OC. The van der Waals surface area contributed by atoms with Gasteiger partial charge in [-0.15, -0.1) is 5.10 Å². The molecule has 0 aliphatic carbocycles. The summed E-state index contributed by atoms with van der Waals surface area (Å²) in [5, 5.41) is 13.6. The van der Waals surface area contributed by atoms with E-state index >= 15 is 0 Å². The molecule has 0 amide bonds. The van der Waals surface area contributed by atoms with Gasteiger partial charge in [0, 0.05) is 36.2 Å². The first kappa shape index (κ1) is 26.8. The van der Waals surface area contributed by atoms with Gasteiger partial charge in [-0.25, -0.2) is 4.68 Å². The molecule has 2 aromatic carbocycles. The van der Waals surface area contributed by atoms with Crippen LogP contribution in [0.2, 0.25) is 0 Å². The molecule has 0 saturated carbocycles. The Kier molecular flexibility index (Phi) is 8.23. The largest absolute Gasteiger partial charge is 0.493 e. The highest BCUT2D eigenvalue weighted by Gasteiger charge is 2.21. The van der Waals surface area contributed by atoms with Gasteiger partial charge in [0.2, 0.25) is 0 Å². The highest BCUT2D eigenvalue weighted by molar-refractivity contribution is 5.83. The zero-order valence-corrected chi connectivity index (χ0v) is 23.1. The van der Waals surface area contributed by atoms with Gasteiger partial charge in [-0.05, 0) is 84.5 Å². The minimum atomic E-state index is -0.0810. The van der Waals surface area contributed by atoms with Gasteiger partial charge in [0.25, 0.3) is 5.56 Å². The topological polar surface area (TPSA) is 107 Å². The molecule has 1 atom stereocenters. The third-order valence-electron chi connectivity index (χ3n) is 7.32. The van der Waals surface area contributed by atoms with E-state index in [9.17, 15) is 4.79 Å². The number of nitrogens with zero attached hydrogens (tertiary/aromatic N) is 5. The highest BCUT2D eigenvalue weighted by Crippen LogP contribution is 2.28. The van der Waals surface area contributed by atoms with Gasteiger partial charge in [0.1, 0.15) is 0 Å². The maximum Gasteiger partial charge on any atom is 0.252 e. The van der Waals surface area contributed by atoms with Gasteiger partial charge in [-0.2, -0.15) is 0 Å². The first-order valence-electron chi connectivity index (χ1n) is 13.4. The van der Waals surface area contributed by atoms with E-state index < -0.39 is 0 Å². The van der Waals surface area contributed by atoms with Gasteiger partial charge in [0.05, 0.1) is 33.4 Å². The number of aryl methyl sites for hydroxylation is 2. The fraction of sp³-hybridized carbons (Fsp3) is 0.448. The van der Waals surface area contributed by atoms with Crippen molar-refractivity contribution in [3.05, 3.63) is 74.8 Å². The van der Waals surface area contributed by atoms with Crippen LogP contribution in [0.25, 0.3) is 10.9 Å². The van der Waals surface area contributed by atoms with E-state index in [2.05, 4.69) is 38.4 Å². The van der Waals surface area contributed by atoms with Crippen LogP contribution >= 0.6 is 0 Å². The zero-order chi connectivity index (χ0) is 27.4. The molecule has 10 nitrogen and oxygen atoms in total. The zero-order valence-electron chi connectivity index (χ0n) is 23.1. The molecule has 39 heavy (non-hydrogen) atoms. The van der Waals surface area contributed by atoms with Crippen molar-refractivity contribution in [3.63, 3.8) is 0 Å². The summed E-state index contributed by atoms with van der Waals surface area (Å²) in [4.78, 5) is 18.5. The number of rotatable bonds is 11. The molecule has 206 valence electrons. The lowest BCUT2D eigenvalue weighted by atomic mass is 10.0. The Bertz CT molecular complexity index is 1490. The van der Waals surface area contributed by atoms with Crippen molar-refractivity contribution in [3.8, 4) is 11.5 Å². The lowest BCUT2D eigenvalue weighted by Crippen LogP contribution is -2.30. The van der Waals surface area contributed by atoms with Crippen LogP contribution in [0.15, 0.2) is 41.2 Å². The Balaban J connectivity index is 1.41. The molecule has 0 spiro atoms. The quantitative estimate of drug-likeness (QED) is 0.312. The number of tetrazole rings is 1. The van der Waals surface area contributed by atoms with Crippen LogP contribution in [0.1, 0.15) is 40.9 Å². The Labute approximate surface area is 227 Å². The lowest BCUT2D eigenvalue weighted by molar-refractivity contribution is 0.0916. The summed E-state index contributed by atoms with van der Waals surface area (Å²) in [5.41, 5.74) is 4.86. The van der Waals surface area contributed by atoms with Crippen LogP contribution in [0, 0.1) is 13.8 Å². The molecule has 4 aromatic rings. The number of nitrogens with one attached hydrogen (secondary N) is 1. The van der Waals surface area contributed by atoms with E-state index in [0.717, 1.165) is 59.3 Å². The number of hydrogen-bond donors (Lipinski definition) is 1. The van der Waals surface area contributed by atoms with E-state index in [0.29, 0.717) is 43.2 Å². The highest BCUT2D eigenvalue weighted by atomic mass is 16.5. The minimum Gasteiger partial charge on any atom is -0.493 e. The van der Waals surface area contributed by atoms with Crippen LogP contribution < -0.4 is 15.0 Å². The number of ether oxygens (including phenoxy) is 3. The van der Waals surface area contributed by atoms with E-state index in [1.807, 2.05) is 41.9 Å². The number of aromatic amines is 1. The van der Waals surface area contributed by atoms with E-state index in [1.54, 1.807) is 14.2 Å². The maximum absolute atomic E-state index is 13.1. The summed E-state index contributed by atoms with van der Waals surface area (Å²) in [6.07, 6.45) is 2.94. The summed E-state index contributed by atoms with van der Waals surface area (Å²) in [6, 6.07) is 12.1. The summed E-state index contributed by atoms with van der Waals surface area (Å²) >= 11 is 0. The fourth-order valence-corrected chi connectivity index (χ4v) is 5.27. The third-order valence-corrected chi connectivity index (χ3v) is 7.32. The Hall–Kier alpha value is -3.76. The standard InChI is InChI=1S/C29H36N6O4/c1-19-12-20(2)24-15-22(29(36)30-25(24)13-19)16-34(10-9-21-7-8-26(37-3)27(14-21)38-4)18-28-31-32-33-35(28)17-23-6-5-11-39-23/h7-8,12-15,23H,5-6,9-11,16-18H2,1-4H3,(H,30,36)/t23-/m1/s1. The van der Waals surface area contributed by atoms with Crippen molar-refractivity contribution in [2.24, 2.45) is 0 Å². The normalized spacial score (nSPS) is 15.4. The molecule has 2 aromatic heterocycles. The molecule has 0 unspecified atom stereocenters. The molecule has 5 rings (SSSR count). The Morgan fingerprint density at radius 2 is 1.95 bits per heavy atom. The van der Waals surface area contributed by atoms with Crippen LogP contribution in [0.3, 0.4) is 0 Å². The maximum atomic E-state index is 13.1. The van der Waals surface area contributed by atoms with Crippen molar-refractivity contribution >= 4 is 10.9 Å². The fourth-order valence-electron chi connectivity index (χ4n) is 5.27. The predicted molar refractivity (Wildman–Crippen MR) is 148 cm³/mol. The average Bonchev–Trinajstić information content (AvgIpc) is 3.60. The first-order chi connectivity index (χ1) is 18.9. The smallest absolute Gasteiger partial charge is 0.252 e. The van der Waals surface area contributed by atoms with Crippen LogP contribution in [0.5, 0.6) is 11.5 Å². The van der Waals surface area contributed by atoms with E-state index in [-0.39, 0.29) is 11.7 Å². The molecule has 0 bridgehead atoms. The Morgan fingerprint density at radius 3 is 2.72 bits per heavy atom. The molecular formula is C29H36N6O4. The van der Waals surface area contributed by atoms with E-state index in [1.165, 1.54) is 0 Å². The molecule has 10 heteroatoms. The predicted octanol–water partition coefficient (Wildman–Crippen LogP) is 3.57. The van der Waals surface area contributed by atoms with E-state index in [4.69, 9.17) is 14.2 Å². The molecule has 1 fully saturated rings.